The maximum absolute atomic E-state index is 13.8. The van der Waals surface area contributed by atoms with E-state index in [0.717, 1.165) is 51.3 Å². The van der Waals surface area contributed by atoms with Crippen LogP contribution in [0.25, 0.3) is 15.9 Å². The lowest BCUT2D eigenvalue weighted by molar-refractivity contribution is -0.113. The number of hydrogen-bond acceptors (Lipinski definition) is 5. The van der Waals surface area contributed by atoms with Crippen LogP contribution in [0.4, 0.5) is 5.69 Å². The standard InChI is InChI=1S/C27H29N3O2S2/c1-6-7-22-19(5)24-25(34-22)29-27(30(26(24)32)21-13-10-17(3)18(4)14-21)33-15-23(31)28-20-11-8-16(2)9-12-20/h8-14H,6-7,15H2,1-5H3,(H,28,31). The summed E-state index contributed by atoms with van der Waals surface area (Å²) in [4.78, 5) is 33.3. The molecule has 0 unspecified atom stereocenters. The van der Waals surface area contributed by atoms with Crippen LogP contribution in [-0.2, 0) is 11.2 Å². The number of aromatic nitrogens is 2. The summed E-state index contributed by atoms with van der Waals surface area (Å²) in [5.41, 5.74) is 5.86. The van der Waals surface area contributed by atoms with E-state index in [0.29, 0.717) is 10.5 Å². The third-order valence-corrected chi connectivity index (χ3v) is 8.11. The zero-order valence-electron chi connectivity index (χ0n) is 20.2. The Hall–Kier alpha value is -2.90. The number of hydrogen-bond donors (Lipinski definition) is 1. The monoisotopic (exact) mass is 491 g/mol. The smallest absolute Gasteiger partial charge is 0.267 e. The molecule has 2 heterocycles. The Bertz CT molecular complexity index is 1420. The molecule has 2 aromatic carbocycles. The van der Waals surface area contributed by atoms with Crippen molar-refractivity contribution in [1.82, 2.24) is 9.55 Å². The quantitative estimate of drug-likeness (QED) is 0.241. The predicted octanol–water partition coefficient (Wildman–Crippen LogP) is 6.36. The molecule has 0 spiro atoms. The fourth-order valence-corrected chi connectivity index (χ4v) is 5.96. The van der Waals surface area contributed by atoms with Gasteiger partial charge in [0.15, 0.2) is 5.16 Å². The summed E-state index contributed by atoms with van der Waals surface area (Å²) in [6.07, 6.45) is 1.94. The molecule has 0 aliphatic rings. The van der Waals surface area contributed by atoms with E-state index >= 15 is 0 Å². The Balaban J connectivity index is 1.74. The zero-order chi connectivity index (χ0) is 24.4. The third-order valence-electron chi connectivity index (χ3n) is 5.93. The van der Waals surface area contributed by atoms with Crippen LogP contribution in [0.2, 0.25) is 0 Å². The second-order valence-electron chi connectivity index (χ2n) is 8.59. The molecule has 1 N–H and O–H groups in total. The van der Waals surface area contributed by atoms with Crippen molar-refractivity contribution in [2.45, 2.75) is 52.6 Å². The lowest BCUT2D eigenvalue weighted by Crippen LogP contribution is -2.23. The highest BCUT2D eigenvalue weighted by atomic mass is 32.2. The number of nitrogens with one attached hydrogen (secondary N) is 1. The molecular formula is C27H29N3O2S2. The molecule has 0 radical (unpaired) electrons. The van der Waals surface area contributed by atoms with Crippen LogP contribution in [0, 0.1) is 27.7 Å². The summed E-state index contributed by atoms with van der Waals surface area (Å²) in [6.45, 7) is 10.2. The lowest BCUT2D eigenvalue weighted by Gasteiger charge is -2.14. The van der Waals surface area contributed by atoms with Crippen molar-refractivity contribution in [2.24, 2.45) is 0 Å². The molecule has 176 valence electrons. The van der Waals surface area contributed by atoms with Gasteiger partial charge in [-0.05, 0) is 75.1 Å². The van der Waals surface area contributed by atoms with Crippen LogP contribution in [0.1, 0.15) is 40.5 Å². The van der Waals surface area contributed by atoms with Gasteiger partial charge in [-0.25, -0.2) is 4.98 Å². The Morgan fingerprint density at radius 3 is 2.47 bits per heavy atom. The zero-order valence-corrected chi connectivity index (χ0v) is 21.8. The maximum Gasteiger partial charge on any atom is 0.267 e. The molecule has 1 amide bonds. The summed E-state index contributed by atoms with van der Waals surface area (Å²) in [6, 6.07) is 13.7. The van der Waals surface area contributed by atoms with Crippen LogP contribution < -0.4 is 10.9 Å². The molecule has 4 aromatic rings. The highest BCUT2D eigenvalue weighted by Gasteiger charge is 2.20. The Morgan fingerprint density at radius 2 is 1.79 bits per heavy atom. The largest absolute Gasteiger partial charge is 0.325 e. The summed E-state index contributed by atoms with van der Waals surface area (Å²) < 4.78 is 1.66. The van der Waals surface area contributed by atoms with E-state index in [-0.39, 0.29) is 17.2 Å². The van der Waals surface area contributed by atoms with Gasteiger partial charge in [-0.1, -0.05) is 48.9 Å². The van der Waals surface area contributed by atoms with Gasteiger partial charge in [0.1, 0.15) is 4.83 Å². The van der Waals surface area contributed by atoms with Gasteiger partial charge in [-0.15, -0.1) is 11.3 Å². The number of anilines is 1. The van der Waals surface area contributed by atoms with E-state index in [4.69, 9.17) is 4.98 Å². The number of thioether (sulfide) groups is 1. The fraction of sp³-hybridized carbons (Fsp3) is 0.296. The van der Waals surface area contributed by atoms with Crippen molar-refractivity contribution < 1.29 is 4.79 Å². The Labute approximate surface area is 208 Å². The number of thiophene rings is 1. The van der Waals surface area contributed by atoms with Crippen LogP contribution in [0.15, 0.2) is 52.4 Å². The first-order valence-electron chi connectivity index (χ1n) is 11.4. The van der Waals surface area contributed by atoms with E-state index in [9.17, 15) is 9.59 Å². The summed E-state index contributed by atoms with van der Waals surface area (Å²) in [5.74, 6) is 0.0203. The molecule has 34 heavy (non-hydrogen) atoms. The molecule has 0 saturated heterocycles. The number of benzene rings is 2. The number of aryl methyl sites for hydroxylation is 5. The minimum absolute atomic E-state index is 0.0780. The first-order chi connectivity index (χ1) is 16.3. The molecule has 0 bridgehead atoms. The van der Waals surface area contributed by atoms with Gasteiger partial charge in [-0.2, -0.15) is 0 Å². The highest BCUT2D eigenvalue weighted by Crippen LogP contribution is 2.31. The van der Waals surface area contributed by atoms with E-state index in [2.05, 4.69) is 19.2 Å². The van der Waals surface area contributed by atoms with Gasteiger partial charge in [0.05, 0.1) is 16.8 Å². The van der Waals surface area contributed by atoms with Gasteiger partial charge in [0.25, 0.3) is 5.56 Å². The van der Waals surface area contributed by atoms with E-state index < -0.39 is 0 Å². The molecule has 7 heteroatoms. The molecule has 4 rings (SSSR count). The van der Waals surface area contributed by atoms with Crippen molar-refractivity contribution in [1.29, 1.82) is 0 Å². The molecule has 5 nitrogen and oxygen atoms in total. The SMILES string of the molecule is CCCc1sc2nc(SCC(=O)Nc3ccc(C)cc3)n(-c3ccc(C)c(C)c3)c(=O)c2c1C. The van der Waals surface area contributed by atoms with Crippen LogP contribution in [-0.4, -0.2) is 21.2 Å². The van der Waals surface area contributed by atoms with Gasteiger partial charge in [-0.3, -0.25) is 14.2 Å². The topological polar surface area (TPSA) is 64.0 Å². The predicted molar refractivity (Wildman–Crippen MR) is 144 cm³/mol. The lowest BCUT2D eigenvalue weighted by atomic mass is 10.1. The van der Waals surface area contributed by atoms with Gasteiger partial charge in [0.2, 0.25) is 5.91 Å². The van der Waals surface area contributed by atoms with Crippen molar-refractivity contribution in [3.63, 3.8) is 0 Å². The molecule has 0 aliphatic carbocycles. The normalized spacial score (nSPS) is 11.2. The van der Waals surface area contributed by atoms with Crippen LogP contribution >= 0.6 is 23.1 Å². The first-order valence-corrected chi connectivity index (χ1v) is 13.2. The average molecular weight is 492 g/mol. The number of nitrogens with zero attached hydrogens (tertiary/aromatic N) is 2. The highest BCUT2D eigenvalue weighted by molar-refractivity contribution is 7.99. The third kappa shape index (κ3) is 4.95. The van der Waals surface area contributed by atoms with Crippen molar-refractivity contribution in [3.05, 3.63) is 79.9 Å². The molecule has 0 aliphatic heterocycles. The Morgan fingerprint density at radius 1 is 1.06 bits per heavy atom. The van der Waals surface area contributed by atoms with Gasteiger partial charge in [0, 0.05) is 10.6 Å². The van der Waals surface area contributed by atoms with Crippen molar-refractivity contribution in [3.8, 4) is 5.69 Å². The summed E-state index contributed by atoms with van der Waals surface area (Å²) >= 11 is 2.87. The number of amides is 1. The second-order valence-corrected chi connectivity index (χ2v) is 10.6. The number of carbonyl (C=O) groups is 1. The number of rotatable bonds is 7. The van der Waals surface area contributed by atoms with Gasteiger partial charge >= 0.3 is 0 Å². The molecule has 0 atom stereocenters. The van der Waals surface area contributed by atoms with E-state index in [1.807, 2.05) is 63.2 Å². The minimum atomic E-state index is -0.135. The second kappa shape index (κ2) is 10.2. The first kappa shape index (κ1) is 24.2. The maximum atomic E-state index is 13.8. The van der Waals surface area contributed by atoms with Crippen LogP contribution in [0.3, 0.4) is 0 Å². The summed E-state index contributed by atoms with van der Waals surface area (Å²) in [7, 11) is 0. The molecule has 0 fully saturated rings. The van der Waals surface area contributed by atoms with Crippen molar-refractivity contribution in [2.75, 3.05) is 11.1 Å². The molecule has 0 saturated carbocycles. The van der Waals surface area contributed by atoms with E-state index in [1.165, 1.54) is 16.6 Å². The Kier molecular flexibility index (Phi) is 7.24. The van der Waals surface area contributed by atoms with Gasteiger partial charge < -0.3 is 5.32 Å². The molecule has 2 aromatic heterocycles. The number of fused-ring (bicyclic) bond motifs is 1. The average Bonchev–Trinajstić information content (AvgIpc) is 3.11. The summed E-state index contributed by atoms with van der Waals surface area (Å²) in [5, 5.41) is 4.14. The molecular weight excluding hydrogens is 462 g/mol. The van der Waals surface area contributed by atoms with Crippen molar-refractivity contribution >= 4 is 44.9 Å². The fourth-order valence-electron chi connectivity index (χ4n) is 3.83. The minimum Gasteiger partial charge on any atom is -0.325 e. The number of carbonyl (C=O) groups excluding carboxylic acids is 1. The van der Waals surface area contributed by atoms with Crippen LogP contribution in [0.5, 0.6) is 0 Å². The van der Waals surface area contributed by atoms with E-state index in [1.54, 1.807) is 15.9 Å².